The van der Waals surface area contributed by atoms with Gasteiger partial charge in [0.25, 0.3) is 0 Å². The van der Waals surface area contributed by atoms with E-state index in [-0.39, 0.29) is 5.56 Å². The van der Waals surface area contributed by atoms with Gasteiger partial charge in [0.05, 0.1) is 15.4 Å². The Kier molecular flexibility index (Phi) is 4.46. The zero-order valence-corrected chi connectivity index (χ0v) is 11.6. The van der Waals surface area contributed by atoms with Crippen LogP contribution in [0, 0.1) is 20.2 Å². The summed E-state index contributed by atoms with van der Waals surface area (Å²) in [7, 11) is 0. The van der Waals surface area contributed by atoms with Crippen molar-refractivity contribution in [2.24, 2.45) is 0 Å². The SMILES string of the molecule is O=C(O)C=Cc1ccc(-c2cccc([N+](=O)[O-])c2[N+](=O)[O-])cc1. The molecule has 0 saturated heterocycles. The largest absolute Gasteiger partial charge is 0.478 e. The summed E-state index contributed by atoms with van der Waals surface area (Å²) in [5, 5.41) is 30.7. The van der Waals surface area contributed by atoms with Crippen LogP contribution in [0.4, 0.5) is 11.4 Å². The van der Waals surface area contributed by atoms with Crippen molar-refractivity contribution >= 4 is 23.4 Å². The van der Waals surface area contributed by atoms with Crippen molar-refractivity contribution in [3.05, 3.63) is 74.3 Å². The molecule has 23 heavy (non-hydrogen) atoms. The molecule has 2 rings (SSSR count). The summed E-state index contributed by atoms with van der Waals surface area (Å²) in [4.78, 5) is 31.0. The molecule has 0 fully saturated rings. The van der Waals surface area contributed by atoms with E-state index in [0.29, 0.717) is 11.1 Å². The van der Waals surface area contributed by atoms with Crippen LogP contribution in [-0.2, 0) is 4.79 Å². The summed E-state index contributed by atoms with van der Waals surface area (Å²) in [6.45, 7) is 0. The minimum absolute atomic E-state index is 0.123. The lowest BCUT2D eigenvalue weighted by molar-refractivity contribution is -0.422. The summed E-state index contributed by atoms with van der Waals surface area (Å²) < 4.78 is 0. The van der Waals surface area contributed by atoms with Gasteiger partial charge in [-0.15, -0.1) is 0 Å². The number of nitrogens with zero attached hydrogens (tertiary/aromatic N) is 2. The van der Waals surface area contributed by atoms with Gasteiger partial charge in [-0.3, -0.25) is 20.2 Å². The van der Waals surface area contributed by atoms with Crippen LogP contribution in [0.5, 0.6) is 0 Å². The highest BCUT2D eigenvalue weighted by molar-refractivity contribution is 5.85. The Hall–Kier alpha value is -3.55. The van der Waals surface area contributed by atoms with E-state index in [4.69, 9.17) is 5.11 Å². The summed E-state index contributed by atoms with van der Waals surface area (Å²) in [5.41, 5.74) is -0.0243. The first kappa shape index (κ1) is 15.8. The number of para-hydroxylation sites is 1. The van der Waals surface area contributed by atoms with Crippen molar-refractivity contribution in [3.63, 3.8) is 0 Å². The molecular weight excluding hydrogens is 304 g/mol. The van der Waals surface area contributed by atoms with E-state index in [2.05, 4.69) is 0 Å². The standard InChI is InChI=1S/C15H10N2O6/c18-14(19)9-6-10-4-7-11(8-5-10)12-2-1-3-13(16(20)21)15(12)17(22)23/h1-9H,(H,18,19). The monoisotopic (exact) mass is 314 g/mol. The number of hydrogen-bond acceptors (Lipinski definition) is 5. The van der Waals surface area contributed by atoms with Gasteiger partial charge in [-0.05, 0) is 23.3 Å². The van der Waals surface area contributed by atoms with Gasteiger partial charge in [0.15, 0.2) is 0 Å². The highest BCUT2D eigenvalue weighted by Gasteiger charge is 2.28. The van der Waals surface area contributed by atoms with Gasteiger partial charge in [0.1, 0.15) is 0 Å². The van der Waals surface area contributed by atoms with Gasteiger partial charge in [-0.1, -0.05) is 30.3 Å². The molecule has 0 atom stereocenters. The van der Waals surface area contributed by atoms with Crippen LogP contribution in [0.1, 0.15) is 5.56 Å². The van der Waals surface area contributed by atoms with Gasteiger partial charge < -0.3 is 5.11 Å². The smallest absolute Gasteiger partial charge is 0.353 e. The van der Waals surface area contributed by atoms with Gasteiger partial charge in [-0.2, -0.15) is 0 Å². The highest BCUT2D eigenvalue weighted by Crippen LogP contribution is 2.37. The first-order valence-electron chi connectivity index (χ1n) is 6.33. The zero-order chi connectivity index (χ0) is 17.0. The van der Waals surface area contributed by atoms with E-state index < -0.39 is 27.2 Å². The zero-order valence-electron chi connectivity index (χ0n) is 11.6. The fraction of sp³-hybridized carbons (Fsp3) is 0. The summed E-state index contributed by atoms with van der Waals surface area (Å²) in [6.07, 6.45) is 2.33. The Balaban J connectivity index is 2.50. The molecule has 1 N–H and O–H groups in total. The second kappa shape index (κ2) is 6.48. The van der Waals surface area contributed by atoms with Crippen LogP contribution in [-0.4, -0.2) is 20.9 Å². The van der Waals surface area contributed by atoms with E-state index in [1.165, 1.54) is 30.3 Å². The van der Waals surface area contributed by atoms with E-state index in [9.17, 15) is 25.0 Å². The second-order valence-electron chi connectivity index (χ2n) is 4.48. The van der Waals surface area contributed by atoms with Crippen molar-refractivity contribution in [2.45, 2.75) is 0 Å². The third-order valence-corrected chi connectivity index (χ3v) is 3.03. The van der Waals surface area contributed by atoms with Crippen LogP contribution >= 0.6 is 0 Å². The summed E-state index contributed by atoms with van der Waals surface area (Å²) in [6, 6.07) is 10.1. The number of benzene rings is 2. The molecule has 8 heteroatoms. The van der Waals surface area contributed by atoms with E-state index >= 15 is 0 Å². The fourth-order valence-electron chi connectivity index (χ4n) is 2.04. The summed E-state index contributed by atoms with van der Waals surface area (Å²) in [5.74, 6) is -1.09. The van der Waals surface area contributed by atoms with Crippen molar-refractivity contribution in [3.8, 4) is 11.1 Å². The third kappa shape index (κ3) is 3.56. The molecule has 0 aromatic heterocycles. The maximum Gasteiger partial charge on any atom is 0.353 e. The maximum atomic E-state index is 11.2. The number of aliphatic carboxylic acids is 1. The number of carbonyl (C=O) groups is 1. The number of carboxylic acid groups (broad SMARTS) is 1. The van der Waals surface area contributed by atoms with Gasteiger partial charge in [-0.25, -0.2) is 4.79 Å². The molecule has 0 heterocycles. The Morgan fingerprint density at radius 2 is 1.65 bits per heavy atom. The lowest BCUT2D eigenvalue weighted by atomic mass is 10.0. The van der Waals surface area contributed by atoms with Crippen LogP contribution < -0.4 is 0 Å². The molecule has 0 aliphatic rings. The predicted octanol–water partition coefficient (Wildman–Crippen LogP) is 3.27. The fourth-order valence-corrected chi connectivity index (χ4v) is 2.04. The van der Waals surface area contributed by atoms with Crippen LogP contribution in [0.25, 0.3) is 17.2 Å². The molecule has 0 spiro atoms. The number of carboxylic acids is 1. The molecule has 0 amide bonds. The molecule has 0 unspecified atom stereocenters. The molecule has 0 aliphatic heterocycles. The minimum atomic E-state index is -1.09. The second-order valence-corrected chi connectivity index (χ2v) is 4.48. The molecule has 0 aliphatic carbocycles. The molecule has 0 saturated carbocycles. The maximum absolute atomic E-state index is 11.2. The average molecular weight is 314 g/mol. The molecule has 0 radical (unpaired) electrons. The minimum Gasteiger partial charge on any atom is -0.478 e. The number of nitro groups is 2. The number of nitro benzene ring substituents is 2. The van der Waals surface area contributed by atoms with Crippen molar-refractivity contribution < 1.29 is 19.7 Å². The van der Waals surface area contributed by atoms with Gasteiger partial charge >= 0.3 is 17.3 Å². The topological polar surface area (TPSA) is 124 Å². The Bertz CT molecular complexity index is 811. The molecule has 2 aromatic rings. The third-order valence-electron chi connectivity index (χ3n) is 3.03. The van der Waals surface area contributed by atoms with Gasteiger partial charge in [0.2, 0.25) is 0 Å². The quantitative estimate of drug-likeness (QED) is 0.513. The first-order chi connectivity index (χ1) is 10.9. The molecule has 0 bridgehead atoms. The Morgan fingerprint density at radius 3 is 2.17 bits per heavy atom. The highest BCUT2D eigenvalue weighted by atomic mass is 16.6. The number of rotatable bonds is 5. The number of hydrogen-bond donors (Lipinski definition) is 1. The Labute approximate surface area is 129 Å². The predicted molar refractivity (Wildman–Crippen MR) is 81.9 cm³/mol. The summed E-state index contributed by atoms with van der Waals surface area (Å²) >= 11 is 0. The van der Waals surface area contributed by atoms with E-state index in [1.807, 2.05) is 0 Å². The van der Waals surface area contributed by atoms with E-state index in [1.54, 1.807) is 12.1 Å². The average Bonchev–Trinajstić information content (AvgIpc) is 2.52. The lowest BCUT2D eigenvalue weighted by Gasteiger charge is -2.04. The Morgan fingerprint density at radius 1 is 1.00 bits per heavy atom. The van der Waals surface area contributed by atoms with E-state index in [0.717, 1.165) is 12.1 Å². The molecule has 116 valence electrons. The molecular formula is C15H10N2O6. The van der Waals surface area contributed by atoms with Crippen molar-refractivity contribution in [1.29, 1.82) is 0 Å². The van der Waals surface area contributed by atoms with Crippen LogP contribution in [0.3, 0.4) is 0 Å². The molecule has 2 aromatic carbocycles. The normalized spacial score (nSPS) is 10.6. The van der Waals surface area contributed by atoms with Crippen molar-refractivity contribution in [2.75, 3.05) is 0 Å². The lowest BCUT2D eigenvalue weighted by Crippen LogP contribution is -1.98. The van der Waals surface area contributed by atoms with Crippen LogP contribution in [0.15, 0.2) is 48.5 Å². The van der Waals surface area contributed by atoms with Crippen LogP contribution in [0.2, 0.25) is 0 Å². The van der Waals surface area contributed by atoms with Gasteiger partial charge in [0, 0.05) is 12.1 Å². The van der Waals surface area contributed by atoms with Crippen molar-refractivity contribution in [1.82, 2.24) is 0 Å². The molecule has 8 nitrogen and oxygen atoms in total. The first-order valence-corrected chi connectivity index (χ1v) is 6.33.